The van der Waals surface area contributed by atoms with E-state index in [1.165, 1.54) is 24.1 Å². The first-order valence-corrected chi connectivity index (χ1v) is 9.16. The second kappa shape index (κ2) is 7.56. The summed E-state index contributed by atoms with van der Waals surface area (Å²) in [5.74, 6) is 1.29. The van der Waals surface area contributed by atoms with Gasteiger partial charge in [-0.05, 0) is 24.6 Å². The van der Waals surface area contributed by atoms with Crippen molar-refractivity contribution in [1.29, 1.82) is 0 Å². The summed E-state index contributed by atoms with van der Waals surface area (Å²) < 4.78 is 12.4. The minimum atomic E-state index is -1.60. The second-order valence-corrected chi connectivity index (χ2v) is 7.12. The number of nitrogens with one attached hydrogen (secondary N) is 1. The normalized spacial score (nSPS) is 26.7. The summed E-state index contributed by atoms with van der Waals surface area (Å²) in [7, 11) is 1.62. The number of aliphatic hydroxyl groups is 3. The van der Waals surface area contributed by atoms with E-state index in [2.05, 4.69) is 20.3 Å². The third-order valence-electron chi connectivity index (χ3n) is 5.22. The Hall–Kier alpha value is -2.79. The molecule has 1 aliphatic heterocycles. The lowest BCUT2D eigenvalue weighted by Crippen LogP contribution is -2.46. The molecule has 0 bridgehead atoms. The fourth-order valence-electron chi connectivity index (χ4n) is 3.44. The third kappa shape index (κ3) is 3.40. The zero-order valence-electron chi connectivity index (χ0n) is 16.1. The molecule has 4 atom stereocenters. The van der Waals surface area contributed by atoms with Crippen molar-refractivity contribution in [3.05, 3.63) is 42.5 Å². The highest BCUT2D eigenvalue weighted by molar-refractivity contribution is 5.82. The highest BCUT2D eigenvalue weighted by Gasteiger charge is 2.52. The van der Waals surface area contributed by atoms with Crippen LogP contribution in [0, 0.1) is 0 Å². The quantitative estimate of drug-likeness (QED) is 0.464. The zero-order valence-corrected chi connectivity index (χ0v) is 16.1. The first kappa shape index (κ1) is 19.5. The molecule has 154 valence electrons. The monoisotopic (exact) mass is 401 g/mol. The number of ether oxygens (including phenoxy) is 2. The Morgan fingerprint density at radius 3 is 2.86 bits per heavy atom. The molecule has 0 saturated carbocycles. The smallest absolute Gasteiger partial charge is 0.167 e. The lowest BCUT2D eigenvalue weighted by Gasteiger charge is -2.25. The number of hydrogen-bond donors (Lipinski definition) is 4. The molecule has 0 amide bonds. The van der Waals surface area contributed by atoms with Crippen molar-refractivity contribution in [2.75, 3.05) is 19.0 Å². The van der Waals surface area contributed by atoms with Gasteiger partial charge in [-0.3, -0.25) is 4.57 Å². The van der Waals surface area contributed by atoms with Crippen LogP contribution in [-0.4, -0.2) is 66.4 Å². The molecule has 1 aromatic carbocycles. The summed E-state index contributed by atoms with van der Waals surface area (Å²) in [6, 6.07) is 7.66. The van der Waals surface area contributed by atoms with Gasteiger partial charge in [0.05, 0.1) is 20.0 Å². The van der Waals surface area contributed by atoms with Crippen molar-refractivity contribution in [2.24, 2.45) is 0 Å². The average molecular weight is 401 g/mol. The van der Waals surface area contributed by atoms with Crippen LogP contribution in [0.25, 0.3) is 11.2 Å². The number of aromatic nitrogens is 4. The molecule has 1 unspecified atom stereocenters. The number of anilines is 1. The first-order chi connectivity index (χ1) is 14.0. The maximum atomic E-state index is 10.5. The van der Waals surface area contributed by atoms with Gasteiger partial charge < -0.3 is 30.1 Å². The molecule has 4 N–H and O–H groups in total. The summed E-state index contributed by atoms with van der Waals surface area (Å²) in [4.78, 5) is 12.9. The highest BCUT2D eigenvalue weighted by atomic mass is 16.6. The van der Waals surface area contributed by atoms with Crippen LogP contribution in [0.4, 0.5) is 5.82 Å². The van der Waals surface area contributed by atoms with E-state index in [1.54, 1.807) is 7.11 Å². The molecular formula is C19H23N5O5. The molecule has 3 heterocycles. The maximum absolute atomic E-state index is 10.5. The molecule has 0 aliphatic carbocycles. The van der Waals surface area contributed by atoms with Gasteiger partial charge in [0, 0.05) is 6.54 Å². The fourth-order valence-corrected chi connectivity index (χ4v) is 3.44. The van der Waals surface area contributed by atoms with Crippen LogP contribution < -0.4 is 10.1 Å². The maximum Gasteiger partial charge on any atom is 0.167 e. The summed E-state index contributed by atoms with van der Waals surface area (Å²) >= 11 is 0. The largest absolute Gasteiger partial charge is 0.497 e. The number of hydrogen-bond acceptors (Lipinski definition) is 9. The molecule has 10 heteroatoms. The molecule has 3 aromatic rings. The molecule has 0 radical (unpaired) electrons. The zero-order chi connectivity index (χ0) is 20.6. The van der Waals surface area contributed by atoms with Crippen LogP contribution >= 0.6 is 0 Å². The van der Waals surface area contributed by atoms with Crippen molar-refractivity contribution in [2.45, 2.75) is 37.5 Å². The Bertz CT molecular complexity index is 1010. The summed E-state index contributed by atoms with van der Waals surface area (Å²) in [6.45, 7) is 1.50. The van der Waals surface area contributed by atoms with Crippen LogP contribution in [0.1, 0.15) is 18.7 Å². The predicted molar refractivity (Wildman–Crippen MR) is 103 cm³/mol. The average Bonchev–Trinajstić information content (AvgIpc) is 3.25. The number of methoxy groups -OCH3 is 1. The van der Waals surface area contributed by atoms with E-state index in [1.807, 2.05) is 24.3 Å². The molecule has 1 aliphatic rings. The van der Waals surface area contributed by atoms with Gasteiger partial charge >= 0.3 is 0 Å². The van der Waals surface area contributed by atoms with Gasteiger partial charge in [-0.1, -0.05) is 12.1 Å². The highest BCUT2D eigenvalue weighted by Crippen LogP contribution is 2.38. The molecule has 1 fully saturated rings. The number of imidazole rings is 1. The SMILES string of the molecule is COc1cccc(CNc2ncnc3c2ncn3[C@@H]2O[C@H](CO)[C@@](C)(O)C2O)c1. The number of nitrogens with zero attached hydrogens (tertiary/aromatic N) is 4. The third-order valence-corrected chi connectivity index (χ3v) is 5.22. The van der Waals surface area contributed by atoms with E-state index < -0.39 is 30.6 Å². The van der Waals surface area contributed by atoms with E-state index in [0.29, 0.717) is 23.5 Å². The fraction of sp³-hybridized carbons (Fsp3) is 0.421. The molecule has 10 nitrogen and oxygen atoms in total. The Balaban J connectivity index is 1.60. The van der Waals surface area contributed by atoms with Gasteiger partial charge in [0.25, 0.3) is 0 Å². The van der Waals surface area contributed by atoms with Crippen LogP contribution in [0.3, 0.4) is 0 Å². The Labute approximate surface area is 166 Å². The number of benzene rings is 1. The van der Waals surface area contributed by atoms with E-state index in [-0.39, 0.29) is 0 Å². The van der Waals surface area contributed by atoms with Crippen molar-refractivity contribution in [3.63, 3.8) is 0 Å². The van der Waals surface area contributed by atoms with Gasteiger partial charge in [0.1, 0.15) is 29.9 Å². The lowest BCUT2D eigenvalue weighted by atomic mass is 9.95. The summed E-state index contributed by atoms with van der Waals surface area (Å²) in [6.07, 6.45) is -0.266. The van der Waals surface area contributed by atoms with Crippen LogP contribution in [0.5, 0.6) is 5.75 Å². The van der Waals surface area contributed by atoms with Crippen molar-refractivity contribution in [1.82, 2.24) is 19.5 Å². The summed E-state index contributed by atoms with van der Waals surface area (Å²) in [5, 5.41) is 33.6. The minimum Gasteiger partial charge on any atom is -0.497 e. The van der Waals surface area contributed by atoms with Crippen LogP contribution in [0.2, 0.25) is 0 Å². The van der Waals surface area contributed by atoms with Gasteiger partial charge in [-0.2, -0.15) is 0 Å². The van der Waals surface area contributed by atoms with Crippen LogP contribution in [-0.2, 0) is 11.3 Å². The molecule has 0 spiro atoms. The Morgan fingerprint density at radius 1 is 1.31 bits per heavy atom. The van der Waals surface area contributed by atoms with Crippen LogP contribution in [0.15, 0.2) is 36.9 Å². The van der Waals surface area contributed by atoms with Crippen molar-refractivity contribution >= 4 is 17.0 Å². The minimum absolute atomic E-state index is 0.421. The molecular weight excluding hydrogens is 378 g/mol. The van der Waals surface area contributed by atoms with Gasteiger partial charge in [0.15, 0.2) is 23.2 Å². The number of rotatable bonds is 6. The predicted octanol–water partition coefficient (Wildman–Crippen LogP) is 0.449. The van der Waals surface area contributed by atoms with Gasteiger partial charge in [-0.25, -0.2) is 15.0 Å². The van der Waals surface area contributed by atoms with E-state index >= 15 is 0 Å². The molecule has 29 heavy (non-hydrogen) atoms. The number of fused-ring (bicyclic) bond motifs is 1. The molecule has 4 rings (SSSR count). The van der Waals surface area contributed by atoms with Gasteiger partial charge in [-0.15, -0.1) is 0 Å². The Morgan fingerprint density at radius 2 is 2.14 bits per heavy atom. The topological polar surface area (TPSA) is 135 Å². The van der Waals surface area contributed by atoms with Crippen molar-refractivity contribution < 1.29 is 24.8 Å². The summed E-state index contributed by atoms with van der Waals surface area (Å²) in [5.41, 5.74) is 0.341. The lowest BCUT2D eigenvalue weighted by molar-refractivity contribution is -0.0804. The number of aliphatic hydroxyl groups excluding tert-OH is 2. The van der Waals surface area contributed by atoms with E-state index in [4.69, 9.17) is 9.47 Å². The molecule has 2 aromatic heterocycles. The first-order valence-electron chi connectivity index (χ1n) is 9.16. The van der Waals surface area contributed by atoms with Gasteiger partial charge in [0.2, 0.25) is 0 Å². The van der Waals surface area contributed by atoms with E-state index in [0.717, 1.165) is 11.3 Å². The Kier molecular flexibility index (Phi) is 5.09. The molecule has 1 saturated heterocycles. The standard InChI is InChI=1S/C19H23N5O5/c1-19(27)13(8-25)29-18(15(19)26)24-10-23-14-16(21-9-22-17(14)24)20-7-11-4-3-5-12(6-11)28-2/h3-6,9-10,13,15,18,25-27H,7-8H2,1-2H3,(H,20,21,22)/t13-,15?,18-,19-/m1/s1. The van der Waals surface area contributed by atoms with Crippen molar-refractivity contribution in [3.8, 4) is 5.75 Å². The van der Waals surface area contributed by atoms with E-state index in [9.17, 15) is 15.3 Å². The second-order valence-electron chi connectivity index (χ2n) is 7.12.